The van der Waals surface area contributed by atoms with E-state index in [0.29, 0.717) is 57.3 Å². The van der Waals surface area contributed by atoms with Crippen LogP contribution in [0, 0.1) is 29.6 Å². The molecule has 0 bridgehead atoms. The third-order valence-corrected chi connectivity index (χ3v) is 6.90. The number of piperidine rings is 1. The van der Waals surface area contributed by atoms with Crippen LogP contribution in [0.1, 0.15) is 62.9 Å². The highest BCUT2D eigenvalue weighted by molar-refractivity contribution is 6.35. The maximum atomic E-state index is 13.9. The SMILES string of the molecule is Cc1nc(F)ccc1[C@H](Nc1cc(Cl)c2ncc(C#N)c(NCC(C)(C)C)c2c1)/C(N)=C1\CCCCN1N. The zero-order valence-corrected chi connectivity index (χ0v) is 23.0. The van der Waals surface area contributed by atoms with E-state index in [9.17, 15) is 9.65 Å². The summed E-state index contributed by atoms with van der Waals surface area (Å²) < 4.78 is 13.9. The fourth-order valence-corrected chi connectivity index (χ4v) is 4.91. The highest BCUT2D eigenvalue weighted by Crippen LogP contribution is 2.37. The first-order valence-electron chi connectivity index (χ1n) is 12.6. The lowest BCUT2D eigenvalue weighted by Gasteiger charge is -2.32. The number of nitrogens with one attached hydrogen (secondary N) is 2. The van der Waals surface area contributed by atoms with Crippen molar-refractivity contribution in [2.45, 2.75) is 53.0 Å². The summed E-state index contributed by atoms with van der Waals surface area (Å²) in [5.74, 6) is 5.73. The second kappa shape index (κ2) is 11.0. The van der Waals surface area contributed by atoms with Gasteiger partial charge in [-0.1, -0.05) is 38.4 Å². The Bertz CT molecular complexity index is 1420. The molecule has 200 valence electrons. The number of nitrogens with two attached hydrogens (primary N) is 2. The monoisotopic (exact) mass is 536 g/mol. The molecule has 0 amide bonds. The van der Waals surface area contributed by atoms with Crippen molar-refractivity contribution >= 4 is 33.9 Å². The summed E-state index contributed by atoms with van der Waals surface area (Å²) in [4.78, 5) is 8.47. The van der Waals surface area contributed by atoms with Crippen molar-refractivity contribution in [2.24, 2.45) is 17.0 Å². The number of pyridine rings is 2. The summed E-state index contributed by atoms with van der Waals surface area (Å²) in [7, 11) is 0. The lowest BCUT2D eigenvalue weighted by atomic mass is 9.96. The van der Waals surface area contributed by atoms with Gasteiger partial charge in [-0.3, -0.25) is 4.98 Å². The maximum Gasteiger partial charge on any atom is 0.213 e. The average Bonchev–Trinajstić information content (AvgIpc) is 2.85. The second-order valence-corrected chi connectivity index (χ2v) is 11.3. The van der Waals surface area contributed by atoms with Crippen LogP contribution in [0.5, 0.6) is 0 Å². The van der Waals surface area contributed by atoms with Crippen molar-refractivity contribution in [3.8, 4) is 6.07 Å². The molecule has 1 atom stereocenters. The third-order valence-electron chi connectivity index (χ3n) is 6.61. The molecule has 2 aromatic heterocycles. The van der Waals surface area contributed by atoms with E-state index in [2.05, 4.69) is 47.4 Å². The van der Waals surface area contributed by atoms with Crippen LogP contribution in [0.25, 0.3) is 10.9 Å². The van der Waals surface area contributed by atoms with E-state index in [-0.39, 0.29) is 5.41 Å². The zero-order chi connectivity index (χ0) is 27.6. The molecule has 10 heteroatoms. The van der Waals surface area contributed by atoms with Gasteiger partial charge in [0.15, 0.2) is 0 Å². The molecule has 4 rings (SSSR count). The first-order valence-corrected chi connectivity index (χ1v) is 13.0. The van der Waals surface area contributed by atoms with E-state index in [1.54, 1.807) is 24.1 Å². The number of aryl methyl sites for hydroxylation is 1. The van der Waals surface area contributed by atoms with Gasteiger partial charge in [-0.25, -0.2) is 10.8 Å². The van der Waals surface area contributed by atoms with E-state index >= 15 is 0 Å². The Morgan fingerprint density at radius 2 is 2.05 bits per heavy atom. The molecule has 1 aliphatic rings. The summed E-state index contributed by atoms with van der Waals surface area (Å²) in [6.45, 7) is 9.43. The Balaban J connectivity index is 1.85. The largest absolute Gasteiger partial charge is 0.399 e. The molecule has 1 aliphatic heterocycles. The third kappa shape index (κ3) is 5.93. The van der Waals surface area contributed by atoms with Crippen LogP contribution >= 0.6 is 11.6 Å². The summed E-state index contributed by atoms with van der Waals surface area (Å²) in [6.07, 6.45) is 4.23. The van der Waals surface area contributed by atoms with Crippen LogP contribution in [-0.4, -0.2) is 28.1 Å². The van der Waals surface area contributed by atoms with Crippen molar-refractivity contribution < 1.29 is 4.39 Å². The molecule has 0 saturated carbocycles. The van der Waals surface area contributed by atoms with Crippen LogP contribution in [0.15, 0.2) is 41.9 Å². The zero-order valence-electron chi connectivity index (χ0n) is 22.2. The predicted molar refractivity (Wildman–Crippen MR) is 151 cm³/mol. The van der Waals surface area contributed by atoms with Crippen LogP contribution in [-0.2, 0) is 0 Å². The quantitative estimate of drug-likeness (QED) is 0.232. The fourth-order valence-electron chi connectivity index (χ4n) is 4.64. The number of hydrogen-bond acceptors (Lipinski definition) is 8. The van der Waals surface area contributed by atoms with Crippen molar-refractivity contribution in [3.05, 3.63) is 69.6 Å². The molecule has 3 heterocycles. The topological polar surface area (TPSA) is 129 Å². The number of benzene rings is 1. The number of aromatic nitrogens is 2. The Hall–Kier alpha value is -3.61. The van der Waals surface area contributed by atoms with E-state index in [1.807, 2.05) is 6.07 Å². The lowest BCUT2D eigenvalue weighted by Crippen LogP contribution is -2.37. The maximum absolute atomic E-state index is 13.9. The van der Waals surface area contributed by atoms with Crippen molar-refractivity contribution in [3.63, 3.8) is 0 Å². The van der Waals surface area contributed by atoms with Gasteiger partial charge in [0.25, 0.3) is 0 Å². The molecule has 1 aromatic carbocycles. The van der Waals surface area contributed by atoms with Gasteiger partial charge in [0, 0.05) is 41.6 Å². The van der Waals surface area contributed by atoms with Crippen molar-refractivity contribution in [1.82, 2.24) is 15.0 Å². The fraction of sp³-hybridized carbons (Fsp3) is 0.393. The standard InChI is InChI=1S/C28H34ClFN8/c1-16-19(8-9-23(30)36-16)27(24(32)22-7-5-6-10-38(22)33)37-18-11-20-25(35-15-28(2,3)4)17(13-31)14-34-26(20)21(29)12-18/h8-9,11-12,14,27,37H,5-7,10,15,32-33H2,1-4H3,(H,34,35)/b24-22-/t27-/m0/s1. The molecule has 1 saturated heterocycles. The molecular weight excluding hydrogens is 503 g/mol. The number of fused-ring (bicyclic) bond motifs is 1. The Labute approximate surface area is 227 Å². The number of anilines is 2. The highest BCUT2D eigenvalue weighted by atomic mass is 35.5. The molecule has 8 nitrogen and oxygen atoms in total. The van der Waals surface area contributed by atoms with E-state index < -0.39 is 12.0 Å². The number of nitrogens with zero attached hydrogens (tertiary/aromatic N) is 4. The van der Waals surface area contributed by atoms with Gasteiger partial charge in [-0.15, -0.1) is 0 Å². The number of nitriles is 1. The minimum atomic E-state index is -0.562. The molecule has 1 fully saturated rings. The van der Waals surface area contributed by atoms with Gasteiger partial charge in [-0.2, -0.15) is 9.65 Å². The minimum Gasteiger partial charge on any atom is -0.399 e. The number of halogens is 2. The van der Waals surface area contributed by atoms with E-state index in [4.69, 9.17) is 23.2 Å². The van der Waals surface area contributed by atoms with Crippen molar-refractivity contribution in [1.29, 1.82) is 5.26 Å². The van der Waals surface area contributed by atoms with Gasteiger partial charge in [0.2, 0.25) is 5.95 Å². The molecule has 38 heavy (non-hydrogen) atoms. The van der Waals surface area contributed by atoms with Gasteiger partial charge < -0.3 is 21.4 Å². The van der Waals surface area contributed by atoms with Crippen LogP contribution in [0.3, 0.4) is 0 Å². The average molecular weight is 537 g/mol. The normalized spacial score (nSPS) is 16.2. The number of rotatable bonds is 6. The van der Waals surface area contributed by atoms with Crippen LogP contribution in [0.2, 0.25) is 5.02 Å². The molecule has 0 aliphatic carbocycles. The van der Waals surface area contributed by atoms with Gasteiger partial charge in [0.1, 0.15) is 6.07 Å². The van der Waals surface area contributed by atoms with E-state index in [1.165, 1.54) is 12.3 Å². The highest BCUT2D eigenvalue weighted by Gasteiger charge is 2.25. The Morgan fingerprint density at radius 1 is 1.29 bits per heavy atom. The first-order chi connectivity index (χ1) is 18.0. The van der Waals surface area contributed by atoms with Gasteiger partial charge >= 0.3 is 0 Å². The molecule has 6 N–H and O–H groups in total. The molecule has 0 spiro atoms. The smallest absolute Gasteiger partial charge is 0.213 e. The second-order valence-electron chi connectivity index (χ2n) is 10.9. The summed E-state index contributed by atoms with van der Waals surface area (Å²) in [5, 5.41) is 19.5. The molecule has 0 unspecified atom stereocenters. The Kier molecular flexibility index (Phi) is 7.95. The molecule has 0 radical (unpaired) electrons. The summed E-state index contributed by atoms with van der Waals surface area (Å²) in [6, 6.07) is 8.36. The first kappa shape index (κ1) is 27.4. The minimum absolute atomic E-state index is 0.0189. The van der Waals surface area contributed by atoms with Crippen LogP contribution in [0.4, 0.5) is 15.8 Å². The molecular formula is C28H34ClFN8. The number of allylic oxidation sites excluding steroid dienone is 1. The number of hydrogen-bond donors (Lipinski definition) is 4. The van der Waals surface area contributed by atoms with Gasteiger partial charge in [-0.05, 0) is 49.8 Å². The molecule has 3 aromatic rings. The number of hydrazine groups is 1. The van der Waals surface area contributed by atoms with Crippen molar-refractivity contribution in [2.75, 3.05) is 23.7 Å². The van der Waals surface area contributed by atoms with Gasteiger partial charge in [0.05, 0.1) is 39.2 Å². The Morgan fingerprint density at radius 3 is 2.71 bits per heavy atom. The summed E-state index contributed by atoms with van der Waals surface area (Å²) in [5.41, 5.74) is 11.7. The van der Waals surface area contributed by atoms with E-state index in [0.717, 1.165) is 30.5 Å². The summed E-state index contributed by atoms with van der Waals surface area (Å²) >= 11 is 6.71. The lowest BCUT2D eigenvalue weighted by molar-refractivity contribution is 0.293. The van der Waals surface area contributed by atoms with Crippen LogP contribution < -0.4 is 22.2 Å². The predicted octanol–water partition coefficient (Wildman–Crippen LogP) is 5.74.